The number of imidazole rings is 1. The molecule has 2 saturated heterocycles. The fraction of sp³-hybridized carbons (Fsp3) is 0.316. The van der Waals surface area contributed by atoms with Crippen molar-refractivity contribution < 1.29 is 9.53 Å². The summed E-state index contributed by atoms with van der Waals surface area (Å²) in [6, 6.07) is 9.60. The predicted molar refractivity (Wildman–Crippen MR) is 93.1 cm³/mol. The average Bonchev–Trinajstić information content (AvgIpc) is 3.37. The van der Waals surface area contributed by atoms with E-state index in [4.69, 9.17) is 9.72 Å². The minimum absolute atomic E-state index is 0.0214. The van der Waals surface area contributed by atoms with E-state index in [1.807, 2.05) is 40.9 Å². The van der Waals surface area contributed by atoms with Crippen LogP contribution in [0.25, 0.3) is 16.9 Å². The van der Waals surface area contributed by atoms with Gasteiger partial charge in [-0.3, -0.25) is 14.2 Å². The molecule has 3 atom stereocenters. The maximum atomic E-state index is 12.9. The van der Waals surface area contributed by atoms with Gasteiger partial charge < -0.3 is 10.1 Å². The first-order chi connectivity index (χ1) is 12.3. The van der Waals surface area contributed by atoms with Crippen molar-refractivity contribution in [2.45, 2.75) is 31.5 Å². The largest absolute Gasteiger partial charge is 0.374 e. The lowest BCUT2D eigenvalue weighted by Gasteiger charge is -2.18. The lowest BCUT2D eigenvalue weighted by atomic mass is 9.88. The third-order valence-corrected chi connectivity index (χ3v) is 5.17. The Morgan fingerprint density at radius 1 is 1.20 bits per heavy atom. The molecule has 0 radical (unpaired) electrons. The van der Waals surface area contributed by atoms with Crippen LogP contribution in [0.5, 0.6) is 0 Å². The molecule has 3 aromatic rings. The number of aromatic nitrogens is 3. The fourth-order valence-corrected chi connectivity index (χ4v) is 3.95. The van der Waals surface area contributed by atoms with Crippen LogP contribution in [0.2, 0.25) is 0 Å². The summed E-state index contributed by atoms with van der Waals surface area (Å²) in [5.41, 5.74) is 2.48. The molecule has 0 unspecified atom stereocenters. The number of fused-ring (bicyclic) bond motifs is 3. The number of pyridine rings is 2. The highest BCUT2D eigenvalue weighted by atomic mass is 16.5. The number of hydrogen-bond acceptors (Lipinski definition) is 4. The Hall–Kier alpha value is -2.73. The molecule has 2 bridgehead atoms. The van der Waals surface area contributed by atoms with Gasteiger partial charge in [0.15, 0.2) is 0 Å². The van der Waals surface area contributed by atoms with Gasteiger partial charge in [0.1, 0.15) is 17.2 Å². The zero-order valence-electron chi connectivity index (χ0n) is 13.6. The van der Waals surface area contributed by atoms with Crippen molar-refractivity contribution >= 4 is 17.4 Å². The van der Waals surface area contributed by atoms with Crippen LogP contribution in [0.4, 0.5) is 5.82 Å². The first-order valence-corrected chi connectivity index (χ1v) is 8.63. The molecule has 2 aliphatic heterocycles. The molecule has 5 heterocycles. The molecule has 2 fully saturated rings. The van der Waals surface area contributed by atoms with E-state index in [0.29, 0.717) is 5.82 Å². The van der Waals surface area contributed by atoms with Gasteiger partial charge in [-0.2, -0.15) is 0 Å². The number of rotatable bonds is 3. The molecule has 0 aromatic carbocycles. The Balaban J connectivity index is 1.54. The van der Waals surface area contributed by atoms with Gasteiger partial charge in [-0.05, 0) is 43.5 Å². The molecule has 5 rings (SSSR count). The predicted octanol–water partition coefficient (Wildman–Crippen LogP) is 2.90. The van der Waals surface area contributed by atoms with Gasteiger partial charge in [-0.1, -0.05) is 6.07 Å². The molecule has 1 N–H and O–H groups in total. The summed E-state index contributed by atoms with van der Waals surface area (Å²) in [4.78, 5) is 21.7. The summed E-state index contributed by atoms with van der Waals surface area (Å²) < 4.78 is 7.75. The van der Waals surface area contributed by atoms with E-state index < -0.39 is 0 Å². The average molecular weight is 334 g/mol. The second-order valence-electron chi connectivity index (χ2n) is 6.68. The molecule has 6 nitrogen and oxygen atoms in total. The third-order valence-electron chi connectivity index (χ3n) is 5.17. The van der Waals surface area contributed by atoms with Crippen LogP contribution < -0.4 is 5.32 Å². The number of carbonyl (C=O) groups excluding carboxylic acids is 1. The molecule has 0 saturated carbocycles. The van der Waals surface area contributed by atoms with Crippen molar-refractivity contribution in [2.24, 2.45) is 5.92 Å². The van der Waals surface area contributed by atoms with Crippen LogP contribution in [0.1, 0.15) is 19.3 Å². The number of ether oxygens (including phenoxy) is 1. The zero-order valence-corrected chi connectivity index (χ0v) is 13.6. The fourth-order valence-electron chi connectivity index (χ4n) is 3.95. The molecule has 0 aliphatic carbocycles. The Bertz CT molecular complexity index is 937. The van der Waals surface area contributed by atoms with E-state index in [1.165, 1.54) is 0 Å². The summed E-state index contributed by atoms with van der Waals surface area (Å²) in [5.74, 6) is 0.654. The van der Waals surface area contributed by atoms with Gasteiger partial charge in [0.2, 0.25) is 5.91 Å². The van der Waals surface area contributed by atoms with Crippen molar-refractivity contribution in [1.82, 2.24) is 14.4 Å². The Labute approximate surface area is 144 Å². The first kappa shape index (κ1) is 14.6. The van der Waals surface area contributed by atoms with Gasteiger partial charge in [-0.15, -0.1) is 0 Å². The summed E-state index contributed by atoms with van der Waals surface area (Å²) in [7, 11) is 0. The van der Waals surface area contributed by atoms with Crippen LogP contribution in [-0.4, -0.2) is 32.5 Å². The van der Waals surface area contributed by atoms with Gasteiger partial charge >= 0.3 is 0 Å². The second kappa shape index (κ2) is 5.67. The number of anilines is 1. The van der Waals surface area contributed by atoms with Crippen LogP contribution in [0.15, 0.2) is 48.9 Å². The number of nitrogens with zero attached hydrogens (tertiary/aromatic N) is 3. The lowest BCUT2D eigenvalue weighted by molar-refractivity contribution is -0.121. The summed E-state index contributed by atoms with van der Waals surface area (Å²) >= 11 is 0. The zero-order chi connectivity index (χ0) is 16.8. The van der Waals surface area contributed by atoms with Crippen molar-refractivity contribution in [3.05, 3.63) is 48.9 Å². The molecule has 2 aliphatic rings. The highest BCUT2D eigenvalue weighted by molar-refractivity contribution is 5.96. The topological polar surface area (TPSA) is 68.5 Å². The quantitative estimate of drug-likeness (QED) is 0.800. The van der Waals surface area contributed by atoms with E-state index in [2.05, 4.69) is 10.3 Å². The standard InChI is InChI=1S/C19H18N4O2/c24-19(14-11-13-4-5-15(14)25-13)22-18-17(12-6-8-20-9-7-12)21-16-3-1-2-10-23(16)18/h1-3,6-10,13-15H,4-5,11H2,(H,22,24)/t13-,14+,15-/m1/s1. The van der Waals surface area contributed by atoms with Crippen LogP contribution in [-0.2, 0) is 9.53 Å². The third kappa shape index (κ3) is 2.41. The smallest absolute Gasteiger partial charge is 0.231 e. The maximum absolute atomic E-state index is 12.9. The summed E-state index contributed by atoms with van der Waals surface area (Å²) in [5, 5.41) is 3.12. The second-order valence-corrected chi connectivity index (χ2v) is 6.68. The van der Waals surface area contributed by atoms with Gasteiger partial charge in [-0.25, -0.2) is 4.98 Å². The molecule has 3 aromatic heterocycles. The van der Waals surface area contributed by atoms with Crippen molar-refractivity contribution in [3.8, 4) is 11.3 Å². The first-order valence-electron chi connectivity index (χ1n) is 8.63. The normalized spacial score (nSPS) is 24.7. The molecular weight excluding hydrogens is 316 g/mol. The number of carbonyl (C=O) groups is 1. The molecule has 25 heavy (non-hydrogen) atoms. The van der Waals surface area contributed by atoms with Crippen LogP contribution >= 0.6 is 0 Å². The SMILES string of the molecule is O=C(Nc1c(-c2ccncc2)nc2ccccn12)[C@H]1C[C@H]2CC[C@H]1O2. The van der Waals surface area contributed by atoms with E-state index in [9.17, 15) is 4.79 Å². The monoisotopic (exact) mass is 334 g/mol. The van der Waals surface area contributed by atoms with E-state index >= 15 is 0 Å². The number of hydrogen-bond donors (Lipinski definition) is 1. The van der Waals surface area contributed by atoms with E-state index in [0.717, 1.165) is 36.2 Å². The minimum Gasteiger partial charge on any atom is -0.374 e. The number of amides is 1. The van der Waals surface area contributed by atoms with Crippen molar-refractivity contribution in [1.29, 1.82) is 0 Å². The van der Waals surface area contributed by atoms with E-state index in [-0.39, 0.29) is 24.0 Å². The van der Waals surface area contributed by atoms with Gasteiger partial charge in [0, 0.05) is 24.2 Å². The van der Waals surface area contributed by atoms with Gasteiger partial charge in [0.05, 0.1) is 18.1 Å². The molecular formula is C19H18N4O2. The summed E-state index contributed by atoms with van der Waals surface area (Å²) in [6.07, 6.45) is 8.57. The van der Waals surface area contributed by atoms with Crippen LogP contribution in [0, 0.1) is 5.92 Å². The highest BCUT2D eigenvalue weighted by Crippen LogP contribution is 2.39. The number of nitrogens with one attached hydrogen (secondary N) is 1. The van der Waals surface area contributed by atoms with Gasteiger partial charge in [0.25, 0.3) is 0 Å². The van der Waals surface area contributed by atoms with Crippen molar-refractivity contribution in [2.75, 3.05) is 5.32 Å². The summed E-state index contributed by atoms with van der Waals surface area (Å²) in [6.45, 7) is 0. The molecule has 0 spiro atoms. The maximum Gasteiger partial charge on any atom is 0.231 e. The van der Waals surface area contributed by atoms with E-state index in [1.54, 1.807) is 12.4 Å². The van der Waals surface area contributed by atoms with Crippen molar-refractivity contribution in [3.63, 3.8) is 0 Å². The Morgan fingerprint density at radius 2 is 2.08 bits per heavy atom. The minimum atomic E-state index is -0.0710. The Kier molecular flexibility index (Phi) is 3.31. The molecule has 126 valence electrons. The van der Waals surface area contributed by atoms with Crippen LogP contribution in [0.3, 0.4) is 0 Å². The Morgan fingerprint density at radius 3 is 2.84 bits per heavy atom. The highest BCUT2D eigenvalue weighted by Gasteiger charge is 2.44. The molecule has 1 amide bonds. The lowest BCUT2D eigenvalue weighted by Crippen LogP contribution is -2.31. The molecule has 6 heteroatoms.